The Balaban J connectivity index is 1.63. The summed E-state index contributed by atoms with van der Waals surface area (Å²) in [4.78, 5) is 39.0. The summed E-state index contributed by atoms with van der Waals surface area (Å²) in [5.74, 6) is -1.64. The van der Waals surface area contributed by atoms with Crippen molar-refractivity contribution in [3.05, 3.63) is 99.1 Å². The Hall–Kier alpha value is -4.04. The molecule has 2 aliphatic rings. The summed E-state index contributed by atoms with van der Waals surface area (Å²) in [5.41, 5.74) is 2.66. The molecular formula is C24H17ClN4O4. The van der Waals surface area contributed by atoms with E-state index in [9.17, 15) is 19.7 Å². The van der Waals surface area contributed by atoms with Crippen molar-refractivity contribution >= 4 is 46.2 Å². The summed E-state index contributed by atoms with van der Waals surface area (Å²) < 4.78 is 0. The lowest BCUT2D eigenvalue weighted by atomic mass is 9.93. The molecule has 1 fully saturated rings. The zero-order chi connectivity index (χ0) is 23.3. The molecule has 8 nitrogen and oxygen atoms in total. The number of anilines is 2. The van der Waals surface area contributed by atoms with E-state index >= 15 is 0 Å². The van der Waals surface area contributed by atoms with E-state index < -0.39 is 22.8 Å². The molecule has 0 N–H and O–H groups in total. The number of non-ortho nitro benzene ring substituents is 1. The SMILES string of the molecule is Cc1c(Cl)cccc1N1C(=O)[C@@H]2C(c3ccccc3)=NN(c3ccc([N+](=O)[O-])cc3)[C@@H]2C1=O. The normalized spacial score (nSPS) is 19.6. The predicted octanol–water partition coefficient (Wildman–Crippen LogP) is 4.34. The number of nitro benzene ring substituents is 1. The highest BCUT2D eigenvalue weighted by Gasteiger charge is 2.57. The van der Waals surface area contributed by atoms with E-state index in [0.717, 1.165) is 5.56 Å². The number of carbonyl (C=O) groups excluding carboxylic acids is 2. The molecule has 0 bridgehead atoms. The Morgan fingerprint density at radius 3 is 2.30 bits per heavy atom. The van der Waals surface area contributed by atoms with Crippen LogP contribution in [0.3, 0.4) is 0 Å². The van der Waals surface area contributed by atoms with Crippen LogP contribution in [0.4, 0.5) is 17.1 Å². The van der Waals surface area contributed by atoms with Crippen LogP contribution in [0.1, 0.15) is 11.1 Å². The first-order valence-electron chi connectivity index (χ1n) is 10.2. The lowest BCUT2D eigenvalue weighted by molar-refractivity contribution is -0.384. The topological polar surface area (TPSA) is 96.1 Å². The fourth-order valence-corrected chi connectivity index (χ4v) is 4.45. The van der Waals surface area contributed by atoms with Gasteiger partial charge in [0.05, 0.1) is 22.0 Å². The van der Waals surface area contributed by atoms with E-state index in [1.165, 1.54) is 34.2 Å². The van der Waals surface area contributed by atoms with E-state index in [2.05, 4.69) is 5.10 Å². The highest BCUT2D eigenvalue weighted by atomic mass is 35.5. The molecular weight excluding hydrogens is 444 g/mol. The van der Waals surface area contributed by atoms with E-state index in [4.69, 9.17) is 11.6 Å². The average Bonchev–Trinajstić information content (AvgIpc) is 3.33. The molecule has 3 aromatic rings. The Labute approximate surface area is 193 Å². The van der Waals surface area contributed by atoms with E-state index in [1.807, 2.05) is 30.3 Å². The molecule has 0 unspecified atom stereocenters. The number of hydrogen-bond acceptors (Lipinski definition) is 6. The van der Waals surface area contributed by atoms with Gasteiger partial charge in [0.2, 0.25) is 5.91 Å². The van der Waals surface area contributed by atoms with Crippen LogP contribution in [0.5, 0.6) is 0 Å². The number of carbonyl (C=O) groups is 2. The molecule has 2 amide bonds. The molecule has 0 radical (unpaired) electrons. The first-order chi connectivity index (χ1) is 15.9. The van der Waals surface area contributed by atoms with Crippen molar-refractivity contribution in [2.75, 3.05) is 9.91 Å². The third-order valence-corrected chi connectivity index (χ3v) is 6.33. The van der Waals surface area contributed by atoms with Crippen LogP contribution in [0.2, 0.25) is 5.02 Å². The standard InChI is InChI=1S/C24H17ClN4O4/c1-14-18(25)8-5-9-19(14)27-23(30)20-21(15-6-3-2-4-7-15)26-28(22(20)24(27)31)16-10-12-17(13-11-16)29(32)33/h2-13,20,22H,1H3/t20-,22+/m1/s1. The quantitative estimate of drug-likeness (QED) is 0.328. The monoisotopic (exact) mass is 460 g/mol. The van der Waals surface area contributed by atoms with Crippen LogP contribution in [-0.4, -0.2) is 28.5 Å². The third-order valence-electron chi connectivity index (χ3n) is 5.92. The van der Waals surface area contributed by atoms with Crippen LogP contribution in [0.15, 0.2) is 77.9 Å². The van der Waals surface area contributed by atoms with Gasteiger partial charge < -0.3 is 0 Å². The second kappa shape index (κ2) is 7.83. The molecule has 0 spiro atoms. The van der Waals surface area contributed by atoms with E-state index in [1.54, 1.807) is 25.1 Å². The summed E-state index contributed by atoms with van der Waals surface area (Å²) in [6, 6.07) is 19.1. The number of nitro groups is 1. The molecule has 164 valence electrons. The van der Waals surface area contributed by atoms with Crippen molar-refractivity contribution in [2.45, 2.75) is 13.0 Å². The summed E-state index contributed by atoms with van der Waals surface area (Å²) in [7, 11) is 0. The molecule has 0 saturated carbocycles. The molecule has 2 heterocycles. The van der Waals surface area contributed by atoms with Crippen LogP contribution in [0.25, 0.3) is 0 Å². The number of benzene rings is 3. The van der Waals surface area contributed by atoms with Crippen molar-refractivity contribution in [1.29, 1.82) is 0 Å². The van der Waals surface area contributed by atoms with Gasteiger partial charge in [-0.1, -0.05) is 48.0 Å². The number of amides is 2. The number of imide groups is 1. The van der Waals surface area contributed by atoms with Crippen LogP contribution in [0, 0.1) is 23.0 Å². The van der Waals surface area contributed by atoms with Gasteiger partial charge in [0.15, 0.2) is 0 Å². The lowest BCUT2D eigenvalue weighted by Crippen LogP contribution is -2.39. The number of hydrogen-bond donors (Lipinski definition) is 0. The van der Waals surface area contributed by atoms with E-state index in [0.29, 0.717) is 27.7 Å². The number of halogens is 1. The van der Waals surface area contributed by atoms with Gasteiger partial charge >= 0.3 is 0 Å². The molecule has 0 aromatic heterocycles. The van der Waals surface area contributed by atoms with Crippen molar-refractivity contribution in [3.63, 3.8) is 0 Å². The lowest BCUT2D eigenvalue weighted by Gasteiger charge is -2.23. The molecule has 2 atom stereocenters. The second-order valence-electron chi connectivity index (χ2n) is 7.79. The van der Waals surface area contributed by atoms with Gasteiger partial charge in [-0.25, -0.2) is 4.90 Å². The van der Waals surface area contributed by atoms with Gasteiger partial charge in [0.25, 0.3) is 11.6 Å². The molecule has 9 heteroatoms. The largest absolute Gasteiger partial charge is 0.273 e. The van der Waals surface area contributed by atoms with E-state index in [-0.39, 0.29) is 11.6 Å². The van der Waals surface area contributed by atoms with Gasteiger partial charge in [-0.15, -0.1) is 0 Å². The van der Waals surface area contributed by atoms with Crippen molar-refractivity contribution in [2.24, 2.45) is 11.0 Å². The summed E-state index contributed by atoms with van der Waals surface area (Å²) in [6.07, 6.45) is 0. The Morgan fingerprint density at radius 1 is 0.939 bits per heavy atom. The average molecular weight is 461 g/mol. The molecule has 5 rings (SSSR count). The zero-order valence-electron chi connectivity index (χ0n) is 17.4. The Morgan fingerprint density at radius 2 is 1.64 bits per heavy atom. The van der Waals surface area contributed by atoms with Gasteiger partial charge in [0, 0.05) is 17.2 Å². The highest BCUT2D eigenvalue weighted by Crippen LogP contribution is 2.41. The minimum atomic E-state index is -0.910. The van der Waals surface area contributed by atoms with Gasteiger partial charge in [-0.3, -0.25) is 24.7 Å². The van der Waals surface area contributed by atoms with Crippen molar-refractivity contribution < 1.29 is 14.5 Å². The van der Waals surface area contributed by atoms with Crippen LogP contribution < -0.4 is 9.91 Å². The predicted molar refractivity (Wildman–Crippen MR) is 125 cm³/mol. The maximum absolute atomic E-state index is 13.6. The highest BCUT2D eigenvalue weighted by molar-refractivity contribution is 6.35. The molecule has 2 aliphatic heterocycles. The summed E-state index contributed by atoms with van der Waals surface area (Å²) in [6.45, 7) is 1.76. The summed E-state index contributed by atoms with van der Waals surface area (Å²) >= 11 is 6.26. The number of hydrazone groups is 1. The smallest absolute Gasteiger partial charge is 0.269 e. The maximum Gasteiger partial charge on any atom is 0.269 e. The molecule has 33 heavy (non-hydrogen) atoms. The van der Waals surface area contributed by atoms with Gasteiger partial charge in [0.1, 0.15) is 12.0 Å². The third kappa shape index (κ3) is 3.27. The number of rotatable bonds is 4. The van der Waals surface area contributed by atoms with Crippen molar-refractivity contribution in [1.82, 2.24) is 0 Å². The minimum Gasteiger partial charge on any atom is -0.273 e. The Bertz CT molecular complexity index is 1320. The van der Waals surface area contributed by atoms with Crippen LogP contribution >= 0.6 is 11.6 Å². The fourth-order valence-electron chi connectivity index (χ4n) is 4.28. The zero-order valence-corrected chi connectivity index (χ0v) is 18.1. The summed E-state index contributed by atoms with van der Waals surface area (Å²) in [5, 5.41) is 17.6. The number of nitrogens with zero attached hydrogens (tertiary/aromatic N) is 4. The first kappa shape index (κ1) is 20.8. The molecule has 1 saturated heterocycles. The van der Waals surface area contributed by atoms with Crippen LogP contribution in [-0.2, 0) is 9.59 Å². The fraction of sp³-hybridized carbons (Fsp3) is 0.125. The Kier molecular flexibility index (Phi) is 4.94. The van der Waals surface area contributed by atoms with Gasteiger partial charge in [-0.05, 0) is 42.3 Å². The molecule has 3 aromatic carbocycles. The second-order valence-corrected chi connectivity index (χ2v) is 8.19. The van der Waals surface area contributed by atoms with Crippen molar-refractivity contribution in [3.8, 4) is 0 Å². The molecule has 0 aliphatic carbocycles. The first-order valence-corrected chi connectivity index (χ1v) is 10.6. The number of fused-ring (bicyclic) bond motifs is 1. The minimum absolute atomic E-state index is 0.0771. The van der Waals surface area contributed by atoms with Gasteiger partial charge in [-0.2, -0.15) is 5.10 Å². The maximum atomic E-state index is 13.6.